The summed E-state index contributed by atoms with van der Waals surface area (Å²) >= 11 is 1.59. The number of carbonyl (C=O) groups excluding carboxylic acids is 2. The van der Waals surface area contributed by atoms with Gasteiger partial charge in [0.25, 0.3) is 0 Å². The third-order valence-corrected chi connectivity index (χ3v) is 9.05. The van der Waals surface area contributed by atoms with E-state index in [4.69, 9.17) is 4.74 Å². The van der Waals surface area contributed by atoms with E-state index in [0.717, 1.165) is 6.08 Å². The van der Waals surface area contributed by atoms with Gasteiger partial charge < -0.3 is 9.47 Å². The molecule has 0 aromatic rings. The van der Waals surface area contributed by atoms with E-state index < -0.39 is 45.5 Å². The topological polar surface area (TPSA) is 90.0 Å². The molecule has 134 valence electrons. The Kier molecular flexibility index (Phi) is 4.25. The molecular weight excluding hydrogens is 354 g/mol. The predicted molar refractivity (Wildman–Crippen MR) is 88.9 cm³/mol. The van der Waals surface area contributed by atoms with E-state index >= 15 is 0 Å². The van der Waals surface area contributed by atoms with Crippen molar-refractivity contribution in [3.8, 4) is 0 Å². The van der Waals surface area contributed by atoms with Crippen molar-refractivity contribution in [2.45, 2.75) is 60.6 Å². The number of hydrogen-bond acceptors (Lipinski definition) is 7. The summed E-state index contributed by atoms with van der Waals surface area (Å²) < 4.78 is 37.4. The Balaban J connectivity index is 1.78. The van der Waals surface area contributed by atoms with Gasteiger partial charge >= 0.3 is 11.9 Å². The first kappa shape index (κ1) is 17.8. The van der Waals surface area contributed by atoms with Gasteiger partial charge in [-0.15, -0.1) is 11.8 Å². The monoisotopic (exact) mass is 375 g/mol. The average Bonchev–Trinajstić information content (AvgIpc) is 3.07. The van der Waals surface area contributed by atoms with Crippen molar-refractivity contribution in [1.29, 1.82) is 0 Å². The number of esters is 2. The molecule has 3 saturated heterocycles. The average molecular weight is 375 g/mol. The molecule has 5 atom stereocenters. The number of nitrogens with zero attached hydrogens (tertiary/aromatic N) is 1. The molecule has 0 aliphatic carbocycles. The van der Waals surface area contributed by atoms with Crippen molar-refractivity contribution in [1.82, 2.24) is 4.31 Å². The molecule has 7 nitrogen and oxygen atoms in total. The van der Waals surface area contributed by atoms with Crippen molar-refractivity contribution in [2.24, 2.45) is 0 Å². The van der Waals surface area contributed by atoms with Crippen LogP contribution in [0, 0.1) is 0 Å². The summed E-state index contributed by atoms with van der Waals surface area (Å²) in [5.74, 6) is -1.37. The summed E-state index contributed by atoms with van der Waals surface area (Å²) in [7, 11) is -3.41. The lowest BCUT2D eigenvalue weighted by Crippen LogP contribution is -2.53. The molecule has 0 amide bonds. The highest BCUT2D eigenvalue weighted by molar-refractivity contribution is 8.03. The van der Waals surface area contributed by atoms with Crippen molar-refractivity contribution in [3.63, 3.8) is 0 Å². The zero-order chi connectivity index (χ0) is 17.9. The minimum Gasteiger partial charge on any atom is -0.457 e. The summed E-state index contributed by atoms with van der Waals surface area (Å²) in [6, 6.07) is -0.359. The smallest absolute Gasteiger partial charge is 0.344 e. The van der Waals surface area contributed by atoms with E-state index in [1.165, 1.54) is 4.31 Å². The summed E-state index contributed by atoms with van der Waals surface area (Å²) in [6.07, 6.45) is 0.948. The van der Waals surface area contributed by atoms with Gasteiger partial charge in [-0.05, 0) is 27.2 Å². The van der Waals surface area contributed by atoms with Gasteiger partial charge in [-0.2, -0.15) is 4.31 Å². The molecule has 24 heavy (non-hydrogen) atoms. The second kappa shape index (κ2) is 5.74. The quantitative estimate of drug-likeness (QED) is 0.528. The third-order valence-electron chi connectivity index (χ3n) is 4.56. The number of ether oxygens (including phenoxy) is 2. The van der Waals surface area contributed by atoms with Crippen LogP contribution in [0.15, 0.2) is 12.7 Å². The van der Waals surface area contributed by atoms with Crippen LogP contribution in [0.1, 0.15) is 27.2 Å². The fourth-order valence-corrected chi connectivity index (χ4v) is 9.08. The highest BCUT2D eigenvalue weighted by Gasteiger charge is 2.70. The molecule has 0 N–H and O–H groups in total. The lowest BCUT2D eigenvalue weighted by molar-refractivity contribution is -0.162. The fourth-order valence-electron chi connectivity index (χ4n) is 3.85. The summed E-state index contributed by atoms with van der Waals surface area (Å²) in [4.78, 5) is 23.0. The molecule has 3 aliphatic rings. The van der Waals surface area contributed by atoms with Crippen LogP contribution in [0.4, 0.5) is 0 Å². The molecule has 0 saturated carbocycles. The maximum Gasteiger partial charge on any atom is 0.344 e. The van der Waals surface area contributed by atoms with Crippen LogP contribution in [-0.4, -0.2) is 64.7 Å². The van der Waals surface area contributed by atoms with E-state index in [2.05, 4.69) is 11.3 Å². The first-order valence-corrected chi connectivity index (χ1v) is 10.2. The van der Waals surface area contributed by atoms with Crippen LogP contribution in [0.5, 0.6) is 0 Å². The second-order valence-corrected chi connectivity index (χ2v) is 10.6. The summed E-state index contributed by atoms with van der Waals surface area (Å²) in [6.45, 7) is 8.29. The van der Waals surface area contributed by atoms with Crippen LogP contribution < -0.4 is 0 Å². The molecule has 3 fully saturated rings. The van der Waals surface area contributed by atoms with E-state index in [9.17, 15) is 18.0 Å². The second-order valence-electron chi connectivity index (χ2n) is 7.18. The van der Waals surface area contributed by atoms with Crippen LogP contribution >= 0.6 is 11.8 Å². The van der Waals surface area contributed by atoms with E-state index in [-0.39, 0.29) is 16.5 Å². The van der Waals surface area contributed by atoms with Crippen molar-refractivity contribution in [3.05, 3.63) is 12.7 Å². The zero-order valence-corrected chi connectivity index (χ0v) is 15.4. The van der Waals surface area contributed by atoms with Crippen LogP contribution in [-0.2, 0) is 29.1 Å². The Bertz CT molecular complexity index is 683. The SMILES string of the molecule is C=CC(=O)OCC(=O)OC1C2CC3C(S2)C1N(C(C)(C)C)S3(=O)=O. The molecule has 3 heterocycles. The fraction of sp³-hybridized carbons (Fsp3) is 0.733. The zero-order valence-electron chi connectivity index (χ0n) is 13.8. The summed E-state index contributed by atoms with van der Waals surface area (Å²) in [5.41, 5.74) is -0.587. The number of rotatable bonds is 4. The molecule has 0 radical (unpaired) electrons. The largest absolute Gasteiger partial charge is 0.457 e. The van der Waals surface area contributed by atoms with Gasteiger partial charge in [0.15, 0.2) is 6.61 Å². The van der Waals surface area contributed by atoms with Crippen LogP contribution in [0.2, 0.25) is 0 Å². The predicted octanol–water partition coefficient (Wildman–Crippen LogP) is 0.696. The molecule has 5 unspecified atom stereocenters. The lowest BCUT2D eigenvalue weighted by atomic mass is 9.90. The van der Waals surface area contributed by atoms with Crippen molar-refractivity contribution in [2.75, 3.05) is 6.61 Å². The van der Waals surface area contributed by atoms with Gasteiger partial charge in [-0.25, -0.2) is 18.0 Å². The molecule has 3 aliphatic heterocycles. The molecule has 9 heteroatoms. The minimum absolute atomic E-state index is 0.0359. The molecule has 3 rings (SSSR count). The first-order valence-electron chi connectivity index (χ1n) is 7.75. The Morgan fingerprint density at radius 1 is 1.38 bits per heavy atom. The number of thioether (sulfide) groups is 1. The van der Waals surface area contributed by atoms with Gasteiger partial charge in [-0.3, -0.25) is 0 Å². The van der Waals surface area contributed by atoms with E-state index in [1.54, 1.807) is 11.8 Å². The normalized spacial score (nSPS) is 36.5. The first-order chi connectivity index (χ1) is 11.1. The van der Waals surface area contributed by atoms with Gasteiger partial charge in [0.05, 0.1) is 11.3 Å². The van der Waals surface area contributed by atoms with Gasteiger partial charge in [0.2, 0.25) is 10.0 Å². The van der Waals surface area contributed by atoms with E-state index in [0.29, 0.717) is 6.42 Å². The van der Waals surface area contributed by atoms with Crippen LogP contribution in [0.3, 0.4) is 0 Å². The van der Waals surface area contributed by atoms with Gasteiger partial charge in [0, 0.05) is 22.1 Å². The summed E-state index contributed by atoms with van der Waals surface area (Å²) in [5, 5.41) is -0.510. The maximum atomic E-state index is 12.8. The highest BCUT2D eigenvalue weighted by Crippen LogP contribution is 2.58. The number of fused-ring (bicyclic) bond motifs is 1. The van der Waals surface area contributed by atoms with E-state index in [1.807, 2.05) is 20.8 Å². The molecular formula is C15H21NO6S2. The molecule has 0 aromatic carbocycles. The Hall–Kier alpha value is -1.06. The number of carbonyl (C=O) groups is 2. The Morgan fingerprint density at radius 2 is 2.04 bits per heavy atom. The molecule has 0 aromatic heterocycles. The number of hydrogen-bond donors (Lipinski definition) is 0. The van der Waals surface area contributed by atoms with Gasteiger partial charge in [-0.1, -0.05) is 6.58 Å². The molecule has 0 spiro atoms. The van der Waals surface area contributed by atoms with Crippen molar-refractivity contribution < 1.29 is 27.5 Å². The molecule has 2 bridgehead atoms. The maximum absolute atomic E-state index is 12.8. The number of sulfonamides is 1. The van der Waals surface area contributed by atoms with Crippen LogP contribution in [0.25, 0.3) is 0 Å². The van der Waals surface area contributed by atoms with Crippen molar-refractivity contribution >= 4 is 33.7 Å². The lowest BCUT2D eigenvalue weighted by Gasteiger charge is -2.37. The Morgan fingerprint density at radius 3 is 2.62 bits per heavy atom. The highest BCUT2D eigenvalue weighted by atomic mass is 32.2. The van der Waals surface area contributed by atoms with Gasteiger partial charge in [0.1, 0.15) is 6.10 Å². The third kappa shape index (κ3) is 2.66. The minimum atomic E-state index is -3.41. The Labute approximate surface area is 145 Å². The standard InChI is InChI=1S/C15H21NO6S2/c1-5-10(17)21-7-11(18)22-13-8-6-9-14(23-8)12(13)16(15(2,3)4)24(9,19)20/h5,8-9,12-14H,1,6-7H2,2-4H3.